The Balaban J connectivity index is 2.46. The summed E-state index contributed by atoms with van der Waals surface area (Å²) in [7, 11) is 1.49. The Morgan fingerprint density at radius 2 is 2.00 bits per heavy atom. The number of benzene rings is 1. The number of nitrogens with one attached hydrogen (secondary N) is 2. The van der Waals surface area contributed by atoms with Gasteiger partial charge in [-0.05, 0) is 18.1 Å². The largest absolute Gasteiger partial charge is 0.495 e. The summed E-state index contributed by atoms with van der Waals surface area (Å²) in [4.78, 5) is 23.5. The number of carbonyl (C=O) groups is 2. The van der Waals surface area contributed by atoms with E-state index in [-0.39, 0.29) is 24.8 Å². The van der Waals surface area contributed by atoms with Crippen LogP contribution in [0.5, 0.6) is 5.75 Å². The molecule has 0 radical (unpaired) electrons. The average Bonchev–Trinajstić information content (AvgIpc) is 2.45. The summed E-state index contributed by atoms with van der Waals surface area (Å²) in [6.45, 7) is 4.94. The SMILES string of the molecule is COc1cccc(C(=O)NCCC(=O)NCC(C)C)c1N. The zero-order chi connectivity index (χ0) is 15.8. The summed E-state index contributed by atoms with van der Waals surface area (Å²) in [5, 5.41) is 5.46. The number of carbonyl (C=O) groups excluding carboxylic acids is 2. The highest BCUT2D eigenvalue weighted by molar-refractivity contribution is 6.00. The van der Waals surface area contributed by atoms with E-state index in [4.69, 9.17) is 10.5 Å². The van der Waals surface area contributed by atoms with E-state index in [2.05, 4.69) is 10.6 Å². The van der Waals surface area contributed by atoms with E-state index in [1.165, 1.54) is 7.11 Å². The lowest BCUT2D eigenvalue weighted by Crippen LogP contribution is -2.32. The van der Waals surface area contributed by atoms with E-state index in [0.717, 1.165) is 0 Å². The summed E-state index contributed by atoms with van der Waals surface area (Å²) in [6, 6.07) is 5.00. The smallest absolute Gasteiger partial charge is 0.253 e. The van der Waals surface area contributed by atoms with Crippen LogP contribution in [0.4, 0.5) is 5.69 Å². The number of anilines is 1. The highest BCUT2D eigenvalue weighted by atomic mass is 16.5. The number of nitrogens with two attached hydrogens (primary N) is 1. The summed E-state index contributed by atoms with van der Waals surface area (Å²) >= 11 is 0. The van der Waals surface area contributed by atoms with E-state index < -0.39 is 0 Å². The molecule has 1 aromatic carbocycles. The van der Waals surface area contributed by atoms with Gasteiger partial charge in [0.1, 0.15) is 5.75 Å². The van der Waals surface area contributed by atoms with Crippen molar-refractivity contribution in [2.24, 2.45) is 5.92 Å². The van der Waals surface area contributed by atoms with Crippen LogP contribution in [-0.4, -0.2) is 32.0 Å². The lowest BCUT2D eigenvalue weighted by molar-refractivity contribution is -0.121. The van der Waals surface area contributed by atoms with Gasteiger partial charge >= 0.3 is 0 Å². The zero-order valence-corrected chi connectivity index (χ0v) is 12.7. The third-order valence-corrected chi connectivity index (χ3v) is 2.88. The molecule has 0 aliphatic rings. The number of methoxy groups -OCH3 is 1. The minimum absolute atomic E-state index is 0.0809. The van der Waals surface area contributed by atoms with Gasteiger partial charge < -0.3 is 21.1 Å². The fourth-order valence-corrected chi connectivity index (χ4v) is 1.71. The summed E-state index contributed by atoms with van der Waals surface area (Å²) in [5.41, 5.74) is 6.48. The van der Waals surface area contributed by atoms with Gasteiger partial charge in [-0.2, -0.15) is 0 Å². The standard InChI is InChI=1S/C15H23N3O3/c1-10(2)9-18-13(19)7-8-17-15(20)11-5-4-6-12(21-3)14(11)16/h4-6,10H,7-9,16H2,1-3H3,(H,17,20)(H,18,19). The lowest BCUT2D eigenvalue weighted by Gasteiger charge is -2.11. The molecule has 116 valence electrons. The Labute approximate surface area is 125 Å². The molecule has 0 aliphatic carbocycles. The van der Waals surface area contributed by atoms with E-state index in [1.807, 2.05) is 13.8 Å². The summed E-state index contributed by atoms with van der Waals surface area (Å²) < 4.78 is 5.06. The second kappa shape index (κ2) is 8.14. The predicted molar refractivity (Wildman–Crippen MR) is 82.2 cm³/mol. The molecule has 1 aromatic rings. The van der Waals surface area contributed by atoms with Crippen LogP contribution in [-0.2, 0) is 4.79 Å². The third kappa shape index (κ3) is 5.33. The van der Waals surface area contributed by atoms with Crippen molar-refractivity contribution in [1.82, 2.24) is 10.6 Å². The van der Waals surface area contributed by atoms with Crippen molar-refractivity contribution < 1.29 is 14.3 Å². The van der Waals surface area contributed by atoms with Gasteiger partial charge in [0.2, 0.25) is 5.91 Å². The van der Waals surface area contributed by atoms with Crippen molar-refractivity contribution >= 4 is 17.5 Å². The number of hydrogen-bond donors (Lipinski definition) is 3. The Bertz CT molecular complexity index is 501. The minimum Gasteiger partial charge on any atom is -0.495 e. The highest BCUT2D eigenvalue weighted by Gasteiger charge is 2.13. The number of amides is 2. The van der Waals surface area contributed by atoms with Gasteiger partial charge in [-0.1, -0.05) is 19.9 Å². The van der Waals surface area contributed by atoms with Crippen LogP contribution >= 0.6 is 0 Å². The maximum atomic E-state index is 12.0. The van der Waals surface area contributed by atoms with E-state index in [0.29, 0.717) is 29.5 Å². The number of nitrogen functional groups attached to an aromatic ring is 1. The molecule has 6 heteroatoms. The molecule has 21 heavy (non-hydrogen) atoms. The second-order valence-electron chi connectivity index (χ2n) is 5.13. The van der Waals surface area contributed by atoms with Crippen molar-refractivity contribution in [1.29, 1.82) is 0 Å². The molecular weight excluding hydrogens is 270 g/mol. The van der Waals surface area contributed by atoms with Crippen LogP contribution in [0, 0.1) is 5.92 Å². The molecule has 0 aliphatic heterocycles. The quantitative estimate of drug-likeness (QED) is 0.658. The minimum atomic E-state index is -0.317. The molecule has 6 nitrogen and oxygen atoms in total. The molecule has 0 fully saturated rings. The average molecular weight is 293 g/mol. The van der Waals surface area contributed by atoms with Crippen LogP contribution in [0.2, 0.25) is 0 Å². The Kier molecular flexibility index (Phi) is 6.52. The van der Waals surface area contributed by atoms with E-state index in [9.17, 15) is 9.59 Å². The van der Waals surface area contributed by atoms with Gasteiger partial charge in [0, 0.05) is 19.5 Å². The molecule has 0 atom stereocenters. The Hall–Kier alpha value is -2.24. The maximum Gasteiger partial charge on any atom is 0.253 e. The maximum absolute atomic E-state index is 12.0. The van der Waals surface area contributed by atoms with Crippen LogP contribution in [0.15, 0.2) is 18.2 Å². The molecule has 0 bridgehead atoms. The van der Waals surface area contributed by atoms with Gasteiger partial charge in [0.05, 0.1) is 18.4 Å². The van der Waals surface area contributed by atoms with E-state index >= 15 is 0 Å². The van der Waals surface area contributed by atoms with Crippen molar-refractivity contribution in [2.75, 3.05) is 25.9 Å². The van der Waals surface area contributed by atoms with Crippen LogP contribution in [0.1, 0.15) is 30.6 Å². The number of ether oxygens (including phenoxy) is 1. The molecule has 0 saturated heterocycles. The van der Waals surface area contributed by atoms with Gasteiger partial charge in [-0.15, -0.1) is 0 Å². The van der Waals surface area contributed by atoms with Crippen molar-refractivity contribution in [3.8, 4) is 5.75 Å². The molecule has 0 spiro atoms. The first kappa shape index (κ1) is 16.8. The van der Waals surface area contributed by atoms with Crippen LogP contribution in [0.25, 0.3) is 0 Å². The Morgan fingerprint density at radius 3 is 2.62 bits per heavy atom. The number of hydrogen-bond acceptors (Lipinski definition) is 4. The first-order valence-corrected chi connectivity index (χ1v) is 6.93. The molecule has 4 N–H and O–H groups in total. The van der Waals surface area contributed by atoms with Gasteiger partial charge in [0.25, 0.3) is 5.91 Å². The molecule has 0 unspecified atom stereocenters. The molecule has 0 heterocycles. The molecule has 0 saturated carbocycles. The summed E-state index contributed by atoms with van der Waals surface area (Å²) in [6.07, 6.45) is 0.238. The predicted octanol–water partition coefficient (Wildman–Crippen LogP) is 1.17. The fourth-order valence-electron chi connectivity index (χ4n) is 1.71. The topological polar surface area (TPSA) is 93.4 Å². The van der Waals surface area contributed by atoms with E-state index in [1.54, 1.807) is 18.2 Å². The Morgan fingerprint density at radius 1 is 1.29 bits per heavy atom. The van der Waals surface area contributed by atoms with Gasteiger partial charge in [-0.3, -0.25) is 9.59 Å². The summed E-state index contributed by atoms with van der Waals surface area (Å²) in [5.74, 6) is 0.461. The fraction of sp³-hybridized carbons (Fsp3) is 0.467. The zero-order valence-electron chi connectivity index (χ0n) is 12.7. The molecule has 1 rings (SSSR count). The third-order valence-electron chi connectivity index (χ3n) is 2.88. The van der Waals surface area contributed by atoms with Crippen molar-refractivity contribution in [2.45, 2.75) is 20.3 Å². The van der Waals surface area contributed by atoms with Gasteiger partial charge in [-0.25, -0.2) is 0 Å². The molecule has 2 amide bonds. The first-order chi connectivity index (χ1) is 9.95. The van der Waals surface area contributed by atoms with Crippen LogP contribution < -0.4 is 21.1 Å². The highest BCUT2D eigenvalue weighted by Crippen LogP contribution is 2.24. The lowest BCUT2D eigenvalue weighted by atomic mass is 10.1. The molecular formula is C15H23N3O3. The number of rotatable bonds is 7. The normalized spacial score (nSPS) is 10.3. The number of para-hydroxylation sites is 1. The first-order valence-electron chi connectivity index (χ1n) is 6.93. The molecule has 0 aromatic heterocycles. The van der Waals surface area contributed by atoms with Crippen LogP contribution in [0.3, 0.4) is 0 Å². The monoisotopic (exact) mass is 293 g/mol. The van der Waals surface area contributed by atoms with Gasteiger partial charge in [0.15, 0.2) is 0 Å². The second-order valence-corrected chi connectivity index (χ2v) is 5.13. The van der Waals surface area contributed by atoms with Crippen molar-refractivity contribution in [3.63, 3.8) is 0 Å². The van der Waals surface area contributed by atoms with Crippen molar-refractivity contribution in [3.05, 3.63) is 23.8 Å².